The standard InChI is InChI=1S/C24H32O4S/c1-4-17-5-7-21-19(11-17)14-29-24(21)22(27)8-6-18-9-15(2)23(16(3)10-18)28-13-20(26)12-25/h9-10,14,17,20,25-26H,4-8,11-13H2,1-3H3. The molecule has 1 aliphatic carbocycles. The number of aliphatic hydroxyl groups excluding tert-OH is 2. The Morgan fingerprint density at radius 3 is 2.69 bits per heavy atom. The van der Waals surface area contributed by atoms with Crippen molar-refractivity contribution in [1.82, 2.24) is 0 Å². The minimum atomic E-state index is -0.879. The third-order valence-corrected chi connectivity index (χ3v) is 7.03. The first-order valence-corrected chi connectivity index (χ1v) is 11.4. The smallest absolute Gasteiger partial charge is 0.173 e. The highest BCUT2D eigenvalue weighted by Crippen LogP contribution is 2.34. The molecule has 2 aromatic rings. The van der Waals surface area contributed by atoms with Gasteiger partial charge >= 0.3 is 0 Å². The van der Waals surface area contributed by atoms with Gasteiger partial charge in [-0.1, -0.05) is 25.5 Å². The lowest BCUT2D eigenvalue weighted by Crippen LogP contribution is -2.21. The maximum Gasteiger partial charge on any atom is 0.173 e. The number of fused-ring (bicyclic) bond motifs is 1. The molecule has 0 fully saturated rings. The van der Waals surface area contributed by atoms with Crippen LogP contribution in [0, 0.1) is 19.8 Å². The van der Waals surface area contributed by atoms with E-state index in [0.717, 1.165) is 46.1 Å². The first-order valence-electron chi connectivity index (χ1n) is 10.6. The Morgan fingerprint density at radius 2 is 2.03 bits per heavy atom. The Morgan fingerprint density at radius 1 is 1.31 bits per heavy atom. The predicted molar refractivity (Wildman–Crippen MR) is 117 cm³/mol. The summed E-state index contributed by atoms with van der Waals surface area (Å²) in [5.41, 5.74) is 5.80. The van der Waals surface area contributed by atoms with E-state index in [1.807, 2.05) is 13.8 Å². The van der Waals surface area contributed by atoms with E-state index in [1.165, 1.54) is 24.0 Å². The van der Waals surface area contributed by atoms with Gasteiger partial charge in [0.15, 0.2) is 5.78 Å². The summed E-state index contributed by atoms with van der Waals surface area (Å²) in [7, 11) is 0. The van der Waals surface area contributed by atoms with Gasteiger partial charge in [-0.05, 0) is 78.6 Å². The number of ether oxygens (including phenoxy) is 1. The number of hydrogen-bond donors (Lipinski definition) is 2. The van der Waals surface area contributed by atoms with Crippen molar-refractivity contribution < 1.29 is 19.7 Å². The summed E-state index contributed by atoms with van der Waals surface area (Å²) in [5, 5.41) is 20.6. The molecule has 1 heterocycles. The van der Waals surface area contributed by atoms with Crippen molar-refractivity contribution in [2.45, 2.75) is 65.4 Å². The topological polar surface area (TPSA) is 66.8 Å². The van der Waals surface area contributed by atoms with Gasteiger partial charge < -0.3 is 14.9 Å². The summed E-state index contributed by atoms with van der Waals surface area (Å²) in [4.78, 5) is 13.9. The van der Waals surface area contributed by atoms with Gasteiger partial charge in [0.25, 0.3) is 0 Å². The fourth-order valence-corrected chi connectivity index (χ4v) is 5.33. The Balaban J connectivity index is 1.63. The van der Waals surface area contributed by atoms with Crippen molar-refractivity contribution in [3.63, 3.8) is 0 Å². The molecule has 5 heteroatoms. The number of aryl methyl sites for hydroxylation is 3. The monoisotopic (exact) mass is 416 g/mol. The molecule has 4 nitrogen and oxygen atoms in total. The number of rotatable bonds is 9. The second-order valence-corrected chi connectivity index (χ2v) is 9.09. The zero-order chi connectivity index (χ0) is 21.0. The van der Waals surface area contributed by atoms with Crippen LogP contribution in [-0.4, -0.2) is 35.3 Å². The average Bonchev–Trinajstić information content (AvgIpc) is 3.14. The van der Waals surface area contributed by atoms with Crippen LogP contribution in [0.2, 0.25) is 0 Å². The molecule has 0 bridgehead atoms. The zero-order valence-corrected chi connectivity index (χ0v) is 18.5. The molecule has 158 valence electrons. The molecular formula is C24H32O4S. The highest BCUT2D eigenvalue weighted by Gasteiger charge is 2.24. The van der Waals surface area contributed by atoms with E-state index in [4.69, 9.17) is 9.84 Å². The lowest BCUT2D eigenvalue weighted by atomic mass is 9.83. The molecule has 0 amide bonds. The van der Waals surface area contributed by atoms with Crippen molar-refractivity contribution in [2.75, 3.05) is 13.2 Å². The highest BCUT2D eigenvalue weighted by molar-refractivity contribution is 7.12. The number of aliphatic hydroxyl groups is 2. The summed E-state index contributed by atoms with van der Waals surface area (Å²) in [6.45, 7) is 5.95. The molecule has 1 aliphatic rings. The van der Waals surface area contributed by atoms with E-state index in [1.54, 1.807) is 11.3 Å². The summed E-state index contributed by atoms with van der Waals surface area (Å²) >= 11 is 1.63. The number of carbonyl (C=O) groups excluding carboxylic acids is 1. The quantitative estimate of drug-likeness (QED) is 0.594. The maximum absolute atomic E-state index is 12.9. The molecule has 0 saturated heterocycles. The molecule has 2 unspecified atom stereocenters. The molecule has 2 atom stereocenters. The number of hydrogen-bond acceptors (Lipinski definition) is 5. The largest absolute Gasteiger partial charge is 0.490 e. The van der Waals surface area contributed by atoms with E-state index in [9.17, 15) is 9.90 Å². The Kier molecular flexibility index (Phi) is 7.49. The number of benzene rings is 1. The fourth-order valence-electron chi connectivity index (χ4n) is 4.22. The lowest BCUT2D eigenvalue weighted by Gasteiger charge is -2.21. The van der Waals surface area contributed by atoms with Crippen LogP contribution < -0.4 is 4.74 Å². The Bertz CT molecular complexity index is 832. The van der Waals surface area contributed by atoms with E-state index >= 15 is 0 Å². The molecule has 1 aromatic heterocycles. The molecule has 1 aromatic carbocycles. The van der Waals surface area contributed by atoms with Crippen LogP contribution in [0.4, 0.5) is 0 Å². The van der Waals surface area contributed by atoms with E-state index < -0.39 is 6.10 Å². The number of thiophene rings is 1. The van der Waals surface area contributed by atoms with Gasteiger partial charge in [0.1, 0.15) is 18.5 Å². The predicted octanol–water partition coefficient (Wildman–Crippen LogP) is 4.43. The van der Waals surface area contributed by atoms with Crippen LogP contribution >= 0.6 is 11.3 Å². The summed E-state index contributed by atoms with van der Waals surface area (Å²) < 4.78 is 5.66. The van der Waals surface area contributed by atoms with Crippen LogP contribution in [0.15, 0.2) is 17.5 Å². The minimum Gasteiger partial charge on any atom is -0.490 e. The van der Waals surface area contributed by atoms with Crippen molar-refractivity contribution in [3.8, 4) is 5.75 Å². The first-order chi connectivity index (χ1) is 13.9. The van der Waals surface area contributed by atoms with Gasteiger partial charge in [0, 0.05) is 6.42 Å². The van der Waals surface area contributed by atoms with Crippen molar-refractivity contribution >= 4 is 17.1 Å². The average molecular weight is 417 g/mol. The molecule has 2 N–H and O–H groups in total. The minimum absolute atomic E-state index is 0.0678. The normalized spacial score (nSPS) is 17.1. The molecule has 0 saturated carbocycles. The number of ketones is 1. The second-order valence-electron chi connectivity index (χ2n) is 8.22. The molecule has 29 heavy (non-hydrogen) atoms. The third kappa shape index (κ3) is 5.27. The van der Waals surface area contributed by atoms with Crippen molar-refractivity contribution in [1.29, 1.82) is 0 Å². The van der Waals surface area contributed by atoms with Crippen LogP contribution in [0.3, 0.4) is 0 Å². The number of Topliss-reactive ketones (excluding diaryl/α,β-unsaturated/α-hetero) is 1. The van der Waals surface area contributed by atoms with Crippen LogP contribution in [0.1, 0.15) is 63.7 Å². The van der Waals surface area contributed by atoms with Gasteiger partial charge in [-0.2, -0.15) is 0 Å². The maximum atomic E-state index is 12.9. The SMILES string of the molecule is CCC1CCc2c(csc2C(=O)CCc2cc(C)c(OCC(O)CO)c(C)c2)C1. The van der Waals surface area contributed by atoms with Gasteiger partial charge in [0.05, 0.1) is 11.5 Å². The summed E-state index contributed by atoms with van der Waals surface area (Å²) in [6, 6.07) is 4.10. The van der Waals surface area contributed by atoms with E-state index in [2.05, 4.69) is 24.4 Å². The first kappa shape index (κ1) is 22.0. The van der Waals surface area contributed by atoms with Gasteiger partial charge in [-0.15, -0.1) is 11.3 Å². The fraction of sp³-hybridized carbons (Fsp3) is 0.542. The van der Waals surface area contributed by atoms with Crippen molar-refractivity contribution in [3.05, 3.63) is 50.2 Å². The van der Waals surface area contributed by atoms with Crippen LogP contribution in [-0.2, 0) is 19.3 Å². The second kappa shape index (κ2) is 9.88. The van der Waals surface area contributed by atoms with Gasteiger partial charge in [0.2, 0.25) is 0 Å². The van der Waals surface area contributed by atoms with E-state index in [0.29, 0.717) is 12.8 Å². The lowest BCUT2D eigenvalue weighted by molar-refractivity contribution is 0.0531. The number of carbonyl (C=O) groups is 1. The van der Waals surface area contributed by atoms with Crippen LogP contribution in [0.25, 0.3) is 0 Å². The Labute approximate surface area is 177 Å². The molecule has 0 spiro atoms. The molecular weight excluding hydrogens is 384 g/mol. The molecule has 3 rings (SSSR count). The third-order valence-electron chi connectivity index (χ3n) is 5.91. The highest BCUT2D eigenvalue weighted by atomic mass is 32.1. The van der Waals surface area contributed by atoms with Gasteiger partial charge in [-0.3, -0.25) is 4.79 Å². The molecule has 0 aliphatic heterocycles. The summed E-state index contributed by atoms with van der Waals surface area (Å²) in [5.74, 6) is 1.77. The summed E-state index contributed by atoms with van der Waals surface area (Å²) in [6.07, 6.45) is 4.94. The van der Waals surface area contributed by atoms with Crippen LogP contribution in [0.5, 0.6) is 5.75 Å². The zero-order valence-electron chi connectivity index (χ0n) is 17.7. The van der Waals surface area contributed by atoms with E-state index in [-0.39, 0.29) is 19.0 Å². The van der Waals surface area contributed by atoms with Gasteiger partial charge in [-0.25, -0.2) is 0 Å². The Hall–Kier alpha value is -1.69. The molecule has 0 radical (unpaired) electrons. The van der Waals surface area contributed by atoms with Crippen molar-refractivity contribution in [2.24, 2.45) is 5.92 Å².